The molecule has 4 rings (SSSR count). The zero-order valence-corrected chi connectivity index (χ0v) is 21.1. The van der Waals surface area contributed by atoms with E-state index in [9.17, 15) is 45.3 Å². The Morgan fingerprint density at radius 2 is 1.75 bits per heavy atom. The highest BCUT2D eigenvalue weighted by molar-refractivity contribution is 5.89. The molecule has 1 fully saturated rings. The number of fused-ring (bicyclic) bond motifs is 1. The van der Waals surface area contributed by atoms with Crippen LogP contribution >= 0.6 is 0 Å². The Bertz CT molecular complexity index is 1190. The van der Waals surface area contributed by atoms with Crippen molar-refractivity contribution in [1.82, 2.24) is 0 Å². The SMILES string of the molecule is COC(=O)C1=CO[C@@H](O[C@@H]2O[C@H](COC(=O)C=Cc3ccc(O)c(O)c3)[C@@H](O)[C@H](O)[C@H]2O)[C@@H]2C(CO)=C[C@H](O)[C@H]12. The number of aromatic hydroxyl groups is 2. The van der Waals surface area contributed by atoms with Crippen molar-refractivity contribution >= 4 is 18.0 Å². The van der Waals surface area contributed by atoms with Gasteiger partial charge >= 0.3 is 11.9 Å². The largest absolute Gasteiger partial charge is 0.504 e. The molecule has 1 saturated heterocycles. The molecule has 7 N–H and O–H groups in total. The summed E-state index contributed by atoms with van der Waals surface area (Å²) in [5.41, 5.74) is 0.680. The van der Waals surface area contributed by atoms with Gasteiger partial charge in [0.05, 0.1) is 37.6 Å². The summed E-state index contributed by atoms with van der Waals surface area (Å²) in [6, 6.07) is 3.89. The molecule has 1 aliphatic carbocycles. The molecule has 1 aromatic rings. The van der Waals surface area contributed by atoms with Crippen molar-refractivity contribution in [3.8, 4) is 11.5 Å². The standard InChI is InChI=1S/C26H30O14/c1-36-24(35)13-9-38-25(19-12(8-27)7-16(30)20(13)19)40-26-23(34)22(33)21(32)17(39-26)10-37-18(31)5-3-11-2-4-14(28)15(29)6-11/h2-7,9,16-17,19-23,25-30,32-34H,8,10H2,1H3/t16-,17+,19+,20-,21+,22-,23+,25-,26-/m0/s1. The van der Waals surface area contributed by atoms with Crippen molar-refractivity contribution < 1.29 is 69.0 Å². The molecule has 9 atom stereocenters. The molecule has 14 heteroatoms. The summed E-state index contributed by atoms with van der Waals surface area (Å²) in [6.45, 7) is -1.06. The zero-order valence-electron chi connectivity index (χ0n) is 21.1. The normalized spacial score (nSPS) is 33.5. The highest BCUT2D eigenvalue weighted by Gasteiger charge is 2.52. The van der Waals surface area contributed by atoms with Crippen LogP contribution in [0.4, 0.5) is 0 Å². The van der Waals surface area contributed by atoms with Crippen molar-refractivity contribution in [3.63, 3.8) is 0 Å². The molecule has 3 aliphatic rings. The Hall–Kier alpha value is -3.50. The van der Waals surface area contributed by atoms with Gasteiger partial charge in [-0.3, -0.25) is 0 Å². The van der Waals surface area contributed by atoms with Gasteiger partial charge in [-0.2, -0.15) is 0 Å². The van der Waals surface area contributed by atoms with Crippen LogP contribution < -0.4 is 0 Å². The van der Waals surface area contributed by atoms with Crippen LogP contribution in [-0.2, 0) is 33.3 Å². The molecule has 1 aromatic carbocycles. The number of rotatable bonds is 8. The second kappa shape index (κ2) is 12.3. The Morgan fingerprint density at radius 3 is 2.42 bits per heavy atom. The summed E-state index contributed by atoms with van der Waals surface area (Å²) < 4.78 is 26.7. The second-order valence-corrected chi connectivity index (χ2v) is 9.37. The lowest BCUT2D eigenvalue weighted by atomic mass is 9.82. The third kappa shape index (κ3) is 5.97. The fraction of sp³-hybridized carbons (Fsp3) is 0.462. The summed E-state index contributed by atoms with van der Waals surface area (Å²) in [6.07, 6.45) is -5.95. The number of aliphatic hydroxyl groups is 5. The van der Waals surface area contributed by atoms with Crippen molar-refractivity contribution in [1.29, 1.82) is 0 Å². The van der Waals surface area contributed by atoms with Crippen LogP contribution in [0.25, 0.3) is 6.08 Å². The first-order valence-corrected chi connectivity index (χ1v) is 12.2. The van der Waals surface area contributed by atoms with Crippen molar-refractivity contribution in [2.24, 2.45) is 11.8 Å². The van der Waals surface area contributed by atoms with Gasteiger partial charge in [0.1, 0.15) is 31.0 Å². The van der Waals surface area contributed by atoms with E-state index in [1.54, 1.807) is 0 Å². The van der Waals surface area contributed by atoms with Crippen LogP contribution in [0, 0.1) is 11.8 Å². The molecule has 0 amide bonds. The van der Waals surface area contributed by atoms with Crippen molar-refractivity contribution in [3.05, 3.63) is 53.3 Å². The van der Waals surface area contributed by atoms with Crippen molar-refractivity contribution in [2.75, 3.05) is 20.3 Å². The minimum absolute atomic E-state index is 0.000443. The lowest BCUT2D eigenvalue weighted by Crippen LogP contribution is -2.60. The Kier molecular flexibility index (Phi) is 9.10. The van der Waals surface area contributed by atoms with Crippen LogP contribution in [-0.4, -0.2) is 111 Å². The summed E-state index contributed by atoms with van der Waals surface area (Å²) in [5, 5.41) is 70.5. The molecule has 40 heavy (non-hydrogen) atoms. The van der Waals surface area contributed by atoms with E-state index in [0.29, 0.717) is 11.1 Å². The lowest BCUT2D eigenvalue weighted by Gasteiger charge is -2.43. The smallest absolute Gasteiger partial charge is 0.337 e. The first-order chi connectivity index (χ1) is 19.0. The number of phenolic OH excluding ortho intramolecular Hbond substituents is 2. The second-order valence-electron chi connectivity index (χ2n) is 9.37. The van der Waals surface area contributed by atoms with E-state index in [4.69, 9.17) is 23.7 Å². The summed E-state index contributed by atoms with van der Waals surface area (Å²) in [5.74, 6) is -4.12. The fourth-order valence-electron chi connectivity index (χ4n) is 4.80. The Balaban J connectivity index is 1.43. The number of ether oxygens (including phenoxy) is 5. The fourth-order valence-corrected chi connectivity index (χ4v) is 4.80. The van der Waals surface area contributed by atoms with Gasteiger partial charge in [-0.15, -0.1) is 0 Å². The monoisotopic (exact) mass is 566 g/mol. The minimum Gasteiger partial charge on any atom is -0.504 e. The zero-order chi connectivity index (χ0) is 29.1. The number of aliphatic hydroxyl groups excluding tert-OH is 5. The molecule has 218 valence electrons. The first-order valence-electron chi connectivity index (χ1n) is 12.2. The first kappa shape index (κ1) is 29.5. The van der Waals surface area contributed by atoms with Gasteiger partial charge in [-0.25, -0.2) is 9.59 Å². The third-order valence-corrected chi connectivity index (χ3v) is 6.89. The molecule has 0 bridgehead atoms. The molecule has 0 spiro atoms. The Labute approximate surface area is 227 Å². The lowest BCUT2D eigenvalue weighted by molar-refractivity contribution is -0.340. The predicted molar refractivity (Wildman–Crippen MR) is 131 cm³/mol. The number of carbonyl (C=O) groups is 2. The molecule has 0 unspecified atom stereocenters. The molecular weight excluding hydrogens is 536 g/mol. The van der Waals surface area contributed by atoms with E-state index in [1.807, 2.05) is 0 Å². The van der Waals surface area contributed by atoms with E-state index in [-0.39, 0.29) is 17.1 Å². The van der Waals surface area contributed by atoms with Gasteiger partial charge in [0.25, 0.3) is 0 Å². The van der Waals surface area contributed by atoms with Gasteiger partial charge in [0, 0.05) is 12.0 Å². The molecule has 0 saturated carbocycles. The molecule has 14 nitrogen and oxygen atoms in total. The van der Waals surface area contributed by atoms with Crippen LogP contribution in [0.15, 0.2) is 47.8 Å². The maximum absolute atomic E-state index is 12.2. The molecule has 0 radical (unpaired) electrons. The highest BCUT2D eigenvalue weighted by Crippen LogP contribution is 2.44. The maximum atomic E-state index is 12.2. The van der Waals surface area contributed by atoms with E-state index in [1.165, 1.54) is 30.4 Å². The van der Waals surface area contributed by atoms with Gasteiger partial charge in [-0.1, -0.05) is 12.1 Å². The van der Waals surface area contributed by atoms with Gasteiger partial charge in [-0.05, 0) is 29.3 Å². The number of esters is 2. The summed E-state index contributed by atoms with van der Waals surface area (Å²) in [7, 11) is 1.16. The van der Waals surface area contributed by atoms with Gasteiger partial charge in [0.2, 0.25) is 6.29 Å². The number of methoxy groups -OCH3 is 1. The van der Waals surface area contributed by atoms with Crippen LogP contribution in [0.3, 0.4) is 0 Å². The Morgan fingerprint density at radius 1 is 1.00 bits per heavy atom. The summed E-state index contributed by atoms with van der Waals surface area (Å²) in [4.78, 5) is 24.4. The number of carbonyl (C=O) groups excluding carboxylic acids is 2. The van der Waals surface area contributed by atoms with Crippen LogP contribution in [0.1, 0.15) is 5.56 Å². The molecule has 2 heterocycles. The van der Waals surface area contributed by atoms with Crippen LogP contribution in [0.2, 0.25) is 0 Å². The minimum atomic E-state index is -1.78. The van der Waals surface area contributed by atoms with E-state index in [0.717, 1.165) is 19.4 Å². The summed E-state index contributed by atoms with van der Waals surface area (Å²) >= 11 is 0. The van der Waals surface area contributed by atoms with E-state index >= 15 is 0 Å². The number of hydrogen-bond donors (Lipinski definition) is 7. The topological polar surface area (TPSA) is 222 Å². The molecule has 0 aromatic heterocycles. The average molecular weight is 567 g/mol. The average Bonchev–Trinajstić information content (AvgIpc) is 3.29. The van der Waals surface area contributed by atoms with E-state index in [2.05, 4.69) is 0 Å². The predicted octanol–water partition coefficient (Wildman–Crippen LogP) is -1.58. The van der Waals surface area contributed by atoms with Gasteiger partial charge in [0.15, 0.2) is 17.8 Å². The van der Waals surface area contributed by atoms with E-state index < -0.39 is 80.1 Å². The molecule has 2 aliphatic heterocycles. The number of benzene rings is 1. The maximum Gasteiger partial charge on any atom is 0.337 e. The van der Waals surface area contributed by atoms with Crippen LogP contribution in [0.5, 0.6) is 11.5 Å². The third-order valence-electron chi connectivity index (χ3n) is 6.89. The number of phenols is 2. The highest BCUT2D eigenvalue weighted by atomic mass is 16.8. The number of hydrogen-bond acceptors (Lipinski definition) is 14. The quantitative estimate of drug-likeness (QED) is 0.0817. The molecular formula is C26H30O14. The van der Waals surface area contributed by atoms with Crippen molar-refractivity contribution in [2.45, 2.75) is 43.1 Å². The van der Waals surface area contributed by atoms with Gasteiger partial charge < -0.3 is 59.4 Å².